The average Bonchev–Trinajstić information content (AvgIpc) is 2.29. The van der Waals surface area contributed by atoms with Crippen molar-refractivity contribution in [2.24, 2.45) is 0 Å². The molecule has 0 aliphatic heterocycles. The Morgan fingerprint density at radius 1 is 1.00 bits per heavy atom. The van der Waals surface area contributed by atoms with E-state index in [0.29, 0.717) is 10.8 Å². The Morgan fingerprint density at radius 2 is 1.69 bits per heavy atom. The summed E-state index contributed by atoms with van der Waals surface area (Å²) in [6.07, 6.45) is 0. The van der Waals surface area contributed by atoms with Crippen LogP contribution in [-0.4, -0.2) is 12.2 Å². The molecule has 0 spiro atoms. The van der Waals surface area contributed by atoms with Gasteiger partial charge in [-0.1, -0.05) is 41.9 Å². The fourth-order valence-corrected chi connectivity index (χ4v) is 1.87. The number of benzene rings is 2. The second-order valence-corrected chi connectivity index (χ2v) is 3.74. The van der Waals surface area contributed by atoms with Crippen LogP contribution < -0.4 is 4.74 Å². The number of phenols is 1. The summed E-state index contributed by atoms with van der Waals surface area (Å²) < 4.78 is 5.18. The molecule has 0 heterocycles. The van der Waals surface area contributed by atoms with Crippen LogP contribution in [0.15, 0.2) is 42.5 Å². The molecule has 0 saturated carbocycles. The first-order valence-corrected chi connectivity index (χ1v) is 5.22. The molecule has 2 aromatic rings. The third kappa shape index (κ3) is 1.84. The molecule has 2 nitrogen and oxygen atoms in total. The second-order valence-electron chi connectivity index (χ2n) is 3.34. The molecule has 0 atom stereocenters. The number of rotatable bonds is 2. The topological polar surface area (TPSA) is 29.5 Å². The highest BCUT2D eigenvalue weighted by atomic mass is 35.5. The van der Waals surface area contributed by atoms with Gasteiger partial charge in [0.05, 0.1) is 7.11 Å². The van der Waals surface area contributed by atoms with Crippen LogP contribution >= 0.6 is 11.6 Å². The Balaban J connectivity index is 2.65. The van der Waals surface area contributed by atoms with Gasteiger partial charge in [0.2, 0.25) is 0 Å². The van der Waals surface area contributed by atoms with Crippen molar-refractivity contribution in [2.75, 3.05) is 7.11 Å². The maximum Gasteiger partial charge on any atom is 0.168 e. The van der Waals surface area contributed by atoms with Crippen molar-refractivity contribution in [2.45, 2.75) is 0 Å². The highest BCUT2D eigenvalue weighted by Crippen LogP contribution is 2.39. The minimum atomic E-state index is 0.111. The highest BCUT2D eigenvalue weighted by molar-refractivity contribution is 6.33. The van der Waals surface area contributed by atoms with E-state index in [4.69, 9.17) is 16.3 Å². The Kier molecular flexibility index (Phi) is 3.02. The van der Waals surface area contributed by atoms with Crippen molar-refractivity contribution in [3.63, 3.8) is 0 Å². The largest absolute Gasteiger partial charge is 0.504 e. The van der Waals surface area contributed by atoms with E-state index in [1.165, 1.54) is 7.11 Å². The summed E-state index contributed by atoms with van der Waals surface area (Å²) in [5.41, 5.74) is 1.63. The molecule has 0 amide bonds. The van der Waals surface area contributed by atoms with Crippen LogP contribution in [-0.2, 0) is 0 Å². The Hall–Kier alpha value is -1.67. The zero-order chi connectivity index (χ0) is 11.5. The summed E-state index contributed by atoms with van der Waals surface area (Å²) in [7, 11) is 1.52. The van der Waals surface area contributed by atoms with Crippen LogP contribution in [0.2, 0.25) is 5.02 Å². The highest BCUT2D eigenvalue weighted by Gasteiger charge is 2.11. The number of para-hydroxylation sites is 1. The second kappa shape index (κ2) is 4.45. The molecule has 0 aliphatic rings. The van der Waals surface area contributed by atoms with E-state index in [0.717, 1.165) is 11.1 Å². The van der Waals surface area contributed by atoms with E-state index < -0.39 is 0 Å². The predicted molar refractivity (Wildman–Crippen MR) is 65.1 cm³/mol. The Labute approximate surface area is 99.1 Å². The van der Waals surface area contributed by atoms with Crippen LogP contribution in [0.5, 0.6) is 11.5 Å². The average molecular weight is 235 g/mol. The van der Waals surface area contributed by atoms with Gasteiger partial charge in [0.1, 0.15) is 0 Å². The molecule has 2 rings (SSSR count). The lowest BCUT2D eigenvalue weighted by Crippen LogP contribution is -1.88. The molecular formula is C13H11ClO2. The van der Waals surface area contributed by atoms with Gasteiger partial charge in [-0.3, -0.25) is 0 Å². The molecule has 3 heteroatoms. The molecule has 1 N–H and O–H groups in total. The fourth-order valence-electron chi connectivity index (χ4n) is 1.63. The third-order valence-corrected chi connectivity index (χ3v) is 2.69. The molecule has 0 aromatic heterocycles. The lowest BCUT2D eigenvalue weighted by molar-refractivity contribution is 0.375. The molecule has 0 radical (unpaired) electrons. The zero-order valence-corrected chi connectivity index (χ0v) is 9.53. The summed E-state index contributed by atoms with van der Waals surface area (Å²) in [5, 5.41) is 10.3. The van der Waals surface area contributed by atoms with E-state index in [9.17, 15) is 5.11 Å². The molecule has 16 heavy (non-hydrogen) atoms. The Morgan fingerprint density at radius 3 is 2.38 bits per heavy atom. The van der Waals surface area contributed by atoms with Crippen LogP contribution in [0.4, 0.5) is 0 Å². The first-order valence-electron chi connectivity index (χ1n) is 4.85. The lowest BCUT2D eigenvalue weighted by atomic mass is 10.0. The number of methoxy groups -OCH3 is 1. The van der Waals surface area contributed by atoms with Crippen LogP contribution in [0.1, 0.15) is 0 Å². The van der Waals surface area contributed by atoms with E-state index in [-0.39, 0.29) is 5.75 Å². The summed E-state index contributed by atoms with van der Waals surface area (Å²) in [6, 6.07) is 12.7. The van der Waals surface area contributed by atoms with Crippen molar-refractivity contribution < 1.29 is 9.84 Å². The molecule has 82 valence electrons. The number of ether oxygens (including phenoxy) is 1. The van der Waals surface area contributed by atoms with Crippen LogP contribution in [0, 0.1) is 0 Å². The summed E-state index contributed by atoms with van der Waals surface area (Å²) in [5.74, 6) is 0.551. The van der Waals surface area contributed by atoms with Gasteiger partial charge < -0.3 is 9.84 Å². The number of phenolic OH excluding ortho intramolecular Hbond substituents is 1. The van der Waals surface area contributed by atoms with Crippen molar-refractivity contribution in [1.82, 2.24) is 0 Å². The van der Waals surface area contributed by atoms with Gasteiger partial charge in [-0.15, -0.1) is 0 Å². The molecule has 0 fully saturated rings. The monoisotopic (exact) mass is 234 g/mol. The van der Waals surface area contributed by atoms with E-state index in [1.807, 2.05) is 24.3 Å². The minimum absolute atomic E-state index is 0.111. The number of aromatic hydroxyl groups is 1. The fraction of sp³-hybridized carbons (Fsp3) is 0.0769. The van der Waals surface area contributed by atoms with Crippen molar-refractivity contribution in [3.05, 3.63) is 47.5 Å². The first-order chi connectivity index (χ1) is 7.74. The molecular weight excluding hydrogens is 224 g/mol. The molecule has 0 bridgehead atoms. The summed E-state index contributed by atoms with van der Waals surface area (Å²) in [4.78, 5) is 0. The smallest absolute Gasteiger partial charge is 0.168 e. The van der Waals surface area contributed by atoms with Gasteiger partial charge in [0.15, 0.2) is 11.5 Å². The van der Waals surface area contributed by atoms with Crippen molar-refractivity contribution >= 4 is 11.6 Å². The van der Waals surface area contributed by atoms with Gasteiger partial charge in [0.25, 0.3) is 0 Å². The third-order valence-electron chi connectivity index (χ3n) is 2.36. The summed E-state index contributed by atoms with van der Waals surface area (Å²) >= 11 is 6.10. The zero-order valence-electron chi connectivity index (χ0n) is 8.77. The Bertz CT molecular complexity index is 509. The van der Waals surface area contributed by atoms with Crippen molar-refractivity contribution in [3.8, 4) is 22.6 Å². The number of hydrogen-bond donors (Lipinski definition) is 1. The number of halogens is 1. The van der Waals surface area contributed by atoms with Gasteiger partial charge in [-0.05, 0) is 12.1 Å². The number of hydrogen-bond acceptors (Lipinski definition) is 2. The molecule has 2 aromatic carbocycles. The van der Waals surface area contributed by atoms with Gasteiger partial charge in [-0.25, -0.2) is 0 Å². The van der Waals surface area contributed by atoms with Gasteiger partial charge in [0, 0.05) is 16.1 Å². The molecule has 0 saturated heterocycles. The van der Waals surface area contributed by atoms with Crippen molar-refractivity contribution in [1.29, 1.82) is 0 Å². The molecule has 0 aliphatic carbocycles. The predicted octanol–water partition coefficient (Wildman–Crippen LogP) is 3.72. The maximum absolute atomic E-state index is 9.68. The van der Waals surface area contributed by atoms with Crippen LogP contribution in [0.3, 0.4) is 0 Å². The van der Waals surface area contributed by atoms with Gasteiger partial charge in [-0.2, -0.15) is 0 Å². The first kappa shape index (κ1) is 10.8. The summed E-state index contributed by atoms with van der Waals surface area (Å²) in [6.45, 7) is 0. The van der Waals surface area contributed by atoms with E-state index in [1.54, 1.807) is 18.2 Å². The minimum Gasteiger partial charge on any atom is -0.504 e. The standard InChI is InChI=1S/C13H11ClO2/c1-16-13-10(6-4-8-12(13)15)9-5-2-3-7-11(9)14/h2-8,15H,1H3. The lowest BCUT2D eigenvalue weighted by Gasteiger charge is -2.11. The van der Waals surface area contributed by atoms with E-state index in [2.05, 4.69) is 0 Å². The van der Waals surface area contributed by atoms with E-state index >= 15 is 0 Å². The SMILES string of the molecule is COc1c(O)cccc1-c1ccccc1Cl. The quantitative estimate of drug-likeness (QED) is 0.858. The van der Waals surface area contributed by atoms with Crippen LogP contribution in [0.25, 0.3) is 11.1 Å². The normalized spacial score (nSPS) is 10.1. The van der Waals surface area contributed by atoms with Gasteiger partial charge >= 0.3 is 0 Å². The molecule has 0 unspecified atom stereocenters. The maximum atomic E-state index is 9.68.